The van der Waals surface area contributed by atoms with Crippen LogP contribution in [-0.2, 0) is 16.8 Å². The second-order valence-corrected chi connectivity index (χ2v) is 6.58. The normalized spacial score (nSPS) is 19.5. The van der Waals surface area contributed by atoms with Crippen LogP contribution in [-0.4, -0.2) is 23.8 Å². The Morgan fingerprint density at radius 3 is 2.54 bits per heavy atom. The highest BCUT2D eigenvalue weighted by atomic mass is 16.3. The summed E-state index contributed by atoms with van der Waals surface area (Å²) in [4.78, 5) is 27.3. The first kappa shape index (κ1) is 16.4. The van der Waals surface area contributed by atoms with Gasteiger partial charge in [-0.25, -0.2) is 0 Å². The van der Waals surface area contributed by atoms with Crippen molar-refractivity contribution in [1.82, 2.24) is 0 Å². The number of likely N-dealkylation sites (N-methyl/N-ethyl adjacent to an activating group) is 1. The van der Waals surface area contributed by atoms with E-state index in [9.17, 15) is 14.7 Å². The molecule has 4 nitrogen and oxygen atoms in total. The summed E-state index contributed by atoms with van der Waals surface area (Å²) in [5.41, 5.74) is 2.83. The number of hydrogen-bond acceptors (Lipinski definition) is 3. The van der Waals surface area contributed by atoms with Crippen molar-refractivity contribution in [2.45, 2.75) is 32.3 Å². The van der Waals surface area contributed by atoms with Crippen molar-refractivity contribution in [2.75, 3.05) is 11.9 Å². The molecule has 0 spiro atoms. The maximum Gasteiger partial charge on any atom is 0.237 e. The van der Waals surface area contributed by atoms with E-state index in [-0.39, 0.29) is 24.7 Å². The van der Waals surface area contributed by atoms with Crippen LogP contribution in [0, 0.1) is 6.92 Å². The van der Waals surface area contributed by atoms with Crippen molar-refractivity contribution >= 4 is 17.4 Å². The molecule has 4 heteroatoms. The molecule has 1 aliphatic heterocycles. The van der Waals surface area contributed by atoms with Gasteiger partial charge in [0.15, 0.2) is 5.78 Å². The maximum atomic E-state index is 12.9. The molecule has 3 rings (SSSR count). The van der Waals surface area contributed by atoms with Crippen LogP contribution in [0.25, 0.3) is 0 Å². The Kier molecular flexibility index (Phi) is 4.01. The van der Waals surface area contributed by atoms with Crippen LogP contribution < -0.4 is 4.90 Å². The van der Waals surface area contributed by atoms with Gasteiger partial charge in [0.2, 0.25) is 5.91 Å². The third-order valence-corrected chi connectivity index (χ3v) is 4.95. The van der Waals surface area contributed by atoms with Gasteiger partial charge >= 0.3 is 0 Å². The van der Waals surface area contributed by atoms with Gasteiger partial charge in [-0.2, -0.15) is 0 Å². The molecule has 2 aromatic carbocycles. The van der Waals surface area contributed by atoms with Gasteiger partial charge in [0.1, 0.15) is 0 Å². The summed E-state index contributed by atoms with van der Waals surface area (Å²) in [7, 11) is 1.71. The van der Waals surface area contributed by atoms with Gasteiger partial charge in [0.05, 0.1) is 12.0 Å². The summed E-state index contributed by atoms with van der Waals surface area (Å²) < 4.78 is 0. The van der Waals surface area contributed by atoms with Crippen molar-refractivity contribution in [3.63, 3.8) is 0 Å². The molecular formula is C20H21NO3. The third kappa shape index (κ3) is 2.34. The first-order chi connectivity index (χ1) is 11.4. The Balaban J connectivity index is 2.07. The molecule has 0 bridgehead atoms. The Bertz CT molecular complexity index is 827. The number of carbonyl (C=O) groups is 2. The van der Waals surface area contributed by atoms with E-state index >= 15 is 0 Å². The van der Waals surface area contributed by atoms with Crippen LogP contribution in [0.1, 0.15) is 40.4 Å². The first-order valence-electron chi connectivity index (χ1n) is 8.00. The summed E-state index contributed by atoms with van der Waals surface area (Å²) in [6.45, 7) is 3.54. The summed E-state index contributed by atoms with van der Waals surface area (Å²) in [6.07, 6.45) is 0.0883. The fourth-order valence-corrected chi connectivity index (χ4v) is 3.69. The number of Topliss-reactive ketones (excluding diaryl/α,β-unsaturated/α-hetero) is 1. The zero-order chi connectivity index (χ0) is 17.5. The summed E-state index contributed by atoms with van der Waals surface area (Å²) in [5, 5.41) is 9.69. The Hall–Kier alpha value is -2.46. The van der Waals surface area contributed by atoms with Crippen molar-refractivity contribution in [3.05, 3.63) is 64.7 Å². The number of aliphatic hydroxyl groups is 1. The molecule has 124 valence electrons. The van der Waals surface area contributed by atoms with Gasteiger partial charge in [-0.05, 0) is 36.6 Å². The molecule has 0 fully saturated rings. The minimum Gasteiger partial charge on any atom is -0.392 e. The predicted molar refractivity (Wildman–Crippen MR) is 93.3 cm³/mol. The van der Waals surface area contributed by atoms with E-state index < -0.39 is 5.41 Å². The van der Waals surface area contributed by atoms with Gasteiger partial charge in [-0.15, -0.1) is 0 Å². The zero-order valence-corrected chi connectivity index (χ0v) is 14.2. The smallest absolute Gasteiger partial charge is 0.237 e. The number of anilines is 1. The molecule has 1 aliphatic rings. The quantitative estimate of drug-likeness (QED) is 0.880. The Morgan fingerprint density at radius 2 is 1.88 bits per heavy atom. The van der Waals surface area contributed by atoms with Crippen LogP contribution in [0.2, 0.25) is 0 Å². The summed E-state index contributed by atoms with van der Waals surface area (Å²) >= 11 is 0. The fourth-order valence-electron chi connectivity index (χ4n) is 3.69. The van der Waals surface area contributed by atoms with E-state index in [1.54, 1.807) is 24.9 Å². The average Bonchev–Trinajstić information content (AvgIpc) is 2.77. The zero-order valence-electron chi connectivity index (χ0n) is 14.2. The predicted octanol–water partition coefficient (Wildman–Crippen LogP) is 2.99. The molecule has 1 amide bonds. The lowest BCUT2D eigenvalue weighted by Gasteiger charge is -2.24. The average molecular weight is 323 g/mol. The van der Waals surface area contributed by atoms with E-state index in [0.29, 0.717) is 11.1 Å². The number of aryl methyl sites for hydroxylation is 1. The lowest BCUT2D eigenvalue weighted by atomic mass is 9.76. The van der Waals surface area contributed by atoms with Gasteiger partial charge < -0.3 is 10.0 Å². The number of fused-ring (bicyclic) bond motifs is 1. The molecule has 0 aromatic heterocycles. The van der Waals surface area contributed by atoms with Crippen LogP contribution in [0.3, 0.4) is 0 Å². The molecule has 2 aromatic rings. The highest BCUT2D eigenvalue weighted by Gasteiger charge is 2.48. The van der Waals surface area contributed by atoms with Gasteiger partial charge in [0.25, 0.3) is 0 Å². The number of amides is 1. The second-order valence-electron chi connectivity index (χ2n) is 6.58. The molecule has 1 N–H and O–H groups in total. The SMILES string of the molecule is Cc1ccccc1C(=O)CC1(C)C(=O)N(C)c2cccc(CO)c21. The summed E-state index contributed by atoms with van der Waals surface area (Å²) in [6, 6.07) is 12.9. The number of carbonyl (C=O) groups excluding carboxylic acids is 2. The Labute approximate surface area is 141 Å². The van der Waals surface area contributed by atoms with E-state index in [0.717, 1.165) is 16.8 Å². The van der Waals surface area contributed by atoms with E-state index in [2.05, 4.69) is 0 Å². The van der Waals surface area contributed by atoms with Crippen LogP contribution >= 0.6 is 0 Å². The molecule has 1 atom stereocenters. The molecule has 0 saturated carbocycles. The van der Waals surface area contributed by atoms with E-state index in [1.165, 1.54) is 0 Å². The molecule has 0 saturated heterocycles. The minimum absolute atomic E-state index is 0.0575. The van der Waals surface area contributed by atoms with Crippen molar-refractivity contribution in [3.8, 4) is 0 Å². The second kappa shape index (κ2) is 5.87. The van der Waals surface area contributed by atoms with E-state index in [1.807, 2.05) is 43.3 Å². The Morgan fingerprint density at radius 1 is 1.17 bits per heavy atom. The number of ketones is 1. The molecule has 1 unspecified atom stereocenters. The third-order valence-electron chi connectivity index (χ3n) is 4.95. The lowest BCUT2D eigenvalue weighted by molar-refractivity contribution is -0.122. The fraction of sp³-hybridized carbons (Fsp3) is 0.300. The van der Waals surface area contributed by atoms with Crippen molar-refractivity contribution in [2.24, 2.45) is 0 Å². The number of hydrogen-bond donors (Lipinski definition) is 1. The molecule has 0 aliphatic carbocycles. The van der Waals surface area contributed by atoms with Crippen molar-refractivity contribution < 1.29 is 14.7 Å². The highest BCUT2D eigenvalue weighted by Crippen LogP contribution is 2.45. The number of benzene rings is 2. The summed E-state index contributed by atoms with van der Waals surface area (Å²) in [5.74, 6) is -0.168. The maximum absolute atomic E-state index is 12.9. The largest absolute Gasteiger partial charge is 0.392 e. The van der Waals surface area contributed by atoms with Crippen molar-refractivity contribution in [1.29, 1.82) is 0 Å². The topological polar surface area (TPSA) is 57.6 Å². The molecule has 24 heavy (non-hydrogen) atoms. The van der Waals surface area contributed by atoms with Crippen LogP contribution in [0.15, 0.2) is 42.5 Å². The highest BCUT2D eigenvalue weighted by molar-refractivity contribution is 6.12. The lowest BCUT2D eigenvalue weighted by Crippen LogP contribution is -2.38. The van der Waals surface area contributed by atoms with Crippen LogP contribution in [0.4, 0.5) is 5.69 Å². The molecular weight excluding hydrogens is 302 g/mol. The first-order valence-corrected chi connectivity index (χ1v) is 8.00. The number of aliphatic hydroxyl groups excluding tert-OH is 1. The van der Waals surface area contributed by atoms with Crippen LogP contribution in [0.5, 0.6) is 0 Å². The standard InChI is InChI=1S/C20H21NO3/c1-13-7-4-5-9-15(13)17(23)11-20(2)18-14(12-22)8-6-10-16(18)21(3)19(20)24/h4-10,22H,11-12H2,1-3H3. The van der Waals surface area contributed by atoms with E-state index in [4.69, 9.17) is 0 Å². The van der Waals surface area contributed by atoms with Gasteiger partial charge in [-0.3, -0.25) is 9.59 Å². The number of rotatable bonds is 4. The minimum atomic E-state index is -0.956. The van der Waals surface area contributed by atoms with Gasteiger partial charge in [0, 0.05) is 24.7 Å². The molecule has 1 heterocycles. The monoisotopic (exact) mass is 323 g/mol. The van der Waals surface area contributed by atoms with Gasteiger partial charge in [-0.1, -0.05) is 36.4 Å². The molecule has 0 radical (unpaired) electrons. The number of nitrogens with zero attached hydrogens (tertiary/aromatic N) is 1.